The summed E-state index contributed by atoms with van der Waals surface area (Å²) in [6.45, 7) is 0. The van der Waals surface area contributed by atoms with Crippen molar-refractivity contribution in [2.45, 2.75) is 6.42 Å². The highest BCUT2D eigenvalue weighted by Crippen LogP contribution is 2.28. The molecule has 0 aromatic heterocycles. The van der Waals surface area contributed by atoms with Crippen LogP contribution in [0.25, 0.3) is 0 Å². The lowest BCUT2D eigenvalue weighted by Crippen LogP contribution is -1.93. The maximum atomic E-state index is 5.30. The van der Waals surface area contributed by atoms with E-state index in [4.69, 9.17) is 14.2 Å². The van der Waals surface area contributed by atoms with Gasteiger partial charge < -0.3 is 14.2 Å². The molecule has 0 amide bonds. The molecule has 0 N–H and O–H groups in total. The highest BCUT2D eigenvalue weighted by molar-refractivity contribution is 5.45. The zero-order chi connectivity index (χ0) is 14.4. The number of methoxy groups -OCH3 is 3. The predicted octanol–water partition coefficient (Wildman–Crippen LogP) is 3.51. The first-order chi connectivity index (χ1) is 9.76. The van der Waals surface area contributed by atoms with E-state index in [1.807, 2.05) is 30.3 Å². The van der Waals surface area contributed by atoms with Gasteiger partial charge >= 0.3 is 0 Å². The van der Waals surface area contributed by atoms with Crippen molar-refractivity contribution in [2.24, 2.45) is 0 Å². The van der Waals surface area contributed by atoms with Crippen LogP contribution in [-0.4, -0.2) is 21.3 Å². The Labute approximate surface area is 120 Å². The van der Waals surface area contributed by atoms with Gasteiger partial charge in [0.15, 0.2) is 11.5 Å². The Kier molecular flexibility index (Phi) is 4.88. The van der Waals surface area contributed by atoms with Crippen molar-refractivity contribution >= 4 is 0 Å². The Morgan fingerprint density at radius 3 is 2.10 bits per heavy atom. The molecule has 0 spiro atoms. The summed E-state index contributed by atoms with van der Waals surface area (Å²) >= 11 is 0. The van der Waals surface area contributed by atoms with Crippen LogP contribution in [0.3, 0.4) is 0 Å². The molecular weight excluding hydrogens is 252 g/mol. The van der Waals surface area contributed by atoms with Gasteiger partial charge in [0.25, 0.3) is 0 Å². The fourth-order valence-electron chi connectivity index (χ4n) is 1.98. The fraction of sp³-hybridized carbons (Fsp3) is 0.235. The second-order valence-electron chi connectivity index (χ2n) is 4.37. The quantitative estimate of drug-likeness (QED) is 0.804. The molecule has 0 unspecified atom stereocenters. The minimum absolute atomic E-state index is 0.745. The second kappa shape index (κ2) is 6.85. The smallest absolute Gasteiger partial charge is 0.160 e. The molecule has 0 bridgehead atoms. The number of hydrogen-bond donors (Lipinski definition) is 0. The Hall–Kier alpha value is -2.16. The minimum Gasteiger partial charge on any atom is -0.497 e. The highest BCUT2D eigenvalue weighted by Gasteiger charge is 2.05. The predicted molar refractivity (Wildman–Crippen MR) is 79.6 cm³/mol. The first-order valence-corrected chi connectivity index (χ1v) is 6.45. The van der Waals surface area contributed by atoms with Crippen molar-refractivity contribution in [3.05, 3.63) is 60.0 Å². The summed E-state index contributed by atoms with van der Waals surface area (Å²) in [4.78, 5) is 0. The molecule has 0 saturated carbocycles. The Bertz CT molecular complexity index is 547. The van der Waals surface area contributed by atoms with Crippen LogP contribution in [0, 0.1) is 6.42 Å². The van der Waals surface area contributed by atoms with Crippen LogP contribution in [0.5, 0.6) is 17.2 Å². The third-order valence-electron chi connectivity index (χ3n) is 3.14. The third kappa shape index (κ3) is 3.44. The summed E-state index contributed by atoms with van der Waals surface area (Å²) in [5.41, 5.74) is 2.35. The van der Waals surface area contributed by atoms with Crippen molar-refractivity contribution in [1.82, 2.24) is 0 Å². The van der Waals surface area contributed by atoms with Crippen LogP contribution in [0.15, 0.2) is 42.5 Å². The number of rotatable bonds is 6. The highest BCUT2D eigenvalue weighted by atomic mass is 16.5. The average Bonchev–Trinajstić information content (AvgIpc) is 2.53. The van der Waals surface area contributed by atoms with E-state index in [-0.39, 0.29) is 0 Å². The normalized spacial score (nSPS) is 10.2. The zero-order valence-electron chi connectivity index (χ0n) is 12.1. The van der Waals surface area contributed by atoms with Gasteiger partial charge in [0, 0.05) is 0 Å². The van der Waals surface area contributed by atoms with Gasteiger partial charge in [-0.05, 0) is 48.2 Å². The summed E-state index contributed by atoms with van der Waals surface area (Å²) in [5.74, 6) is 2.37. The van der Waals surface area contributed by atoms with Crippen LogP contribution in [0.4, 0.5) is 0 Å². The fourth-order valence-corrected chi connectivity index (χ4v) is 1.98. The lowest BCUT2D eigenvalue weighted by atomic mass is 10.0. The molecule has 0 aliphatic rings. The monoisotopic (exact) mass is 271 g/mol. The van der Waals surface area contributed by atoms with E-state index >= 15 is 0 Å². The van der Waals surface area contributed by atoms with E-state index in [0.717, 1.165) is 29.2 Å². The van der Waals surface area contributed by atoms with Gasteiger partial charge in [-0.1, -0.05) is 18.2 Å². The lowest BCUT2D eigenvalue weighted by Gasteiger charge is -2.09. The molecule has 0 atom stereocenters. The molecule has 3 heteroatoms. The van der Waals surface area contributed by atoms with Gasteiger partial charge in [-0.25, -0.2) is 0 Å². The van der Waals surface area contributed by atoms with Crippen molar-refractivity contribution in [3.8, 4) is 17.2 Å². The standard InChI is InChI=1S/C17H19O3/c1-18-15-9-6-13(7-10-15)4-5-14-8-11-16(19-2)17(12-14)20-3/h5-12H,4H2,1-3H3. The molecule has 20 heavy (non-hydrogen) atoms. The van der Waals surface area contributed by atoms with Crippen LogP contribution in [0.1, 0.15) is 11.1 Å². The SMILES string of the molecule is COc1ccc(C[CH]c2ccc(OC)c(OC)c2)cc1. The summed E-state index contributed by atoms with van der Waals surface area (Å²) in [6, 6.07) is 14.0. The van der Waals surface area contributed by atoms with Gasteiger partial charge in [-0.3, -0.25) is 0 Å². The lowest BCUT2D eigenvalue weighted by molar-refractivity contribution is 0.354. The van der Waals surface area contributed by atoms with Gasteiger partial charge in [0.1, 0.15) is 5.75 Å². The van der Waals surface area contributed by atoms with Crippen molar-refractivity contribution in [2.75, 3.05) is 21.3 Å². The van der Waals surface area contributed by atoms with Gasteiger partial charge in [-0.2, -0.15) is 0 Å². The number of ether oxygens (including phenoxy) is 3. The molecule has 3 nitrogen and oxygen atoms in total. The number of benzene rings is 2. The molecule has 2 rings (SSSR count). The second-order valence-corrected chi connectivity index (χ2v) is 4.37. The van der Waals surface area contributed by atoms with Crippen molar-refractivity contribution in [1.29, 1.82) is 0 Å². The van der Waals surface area contributed by atoms with E-state index < -0.39 is 0 Å². The van der Waals surface area contributed by atoms with Crippen LogP contribution < -0.4 is 14.2 Å². The molecule has 2 aromatic carbocycles. The van der Waals surface area contributed by atoms with E-state index in [1.54, 1.807) is 21.3 Å². The molecule has 0 heterocycles. The maximum Gasteiger partial charge on any atom is 0.160 e. The first-order valence-electron chi connectivity index (χ1n) is 6.45. The van der Waals surface area contributed by atoms with Gasteiger partial charge in [0.05, 0.1) is 21.3 Å². The average molecular weight is 271 g/mol. The Balaban J connectivity index is 2.02. The Morgan fingerprint density at radius 2 is 1.50 bits per heavy atom. The molecule has 2 aromatic rings. The Morgan fingerprint density at radius 1 is 0.800 bits per heavy atom. The molecule has 105 valence electrons. The van der Waals surface area contributed by atoms with Crippen molar-refractivity contribution < 1.29 is 14.2 Å². The third-order valence-corrected chi connectivity index (χ3v) is 3.14. The largest absolute Gasteiger partial charge is 0.497 e. The van der Waals surface area contributed by atoms with Gasteiger partial charge in [-0.15, -0.1) is 0 Å². The van der Waals surface area contributed by atoms with Crippen molar-refractivity contribution in [3.63, 3.8) is 0 Å². The molecule has 0 fully saturated rings. The summed E-state index contributed by atoms with van der Waals surface area (Å²) in [5, 5.41) is 0. The summed E-state index contributed by atoms with van der Waals surface area (Å²) < 4.78 is 15.7. The maximum absolute atomic E-state index is 5.30. The minimum atomic E-state index is 0.745. The van der Waals surface area contributed by atoms with E-state index in [1.165, 1.54) is 5.56 Å². The van der Waals surface area contributed by atoms with E-state index in [0.29, 0.717) is 0 Å². The summed E-state index contributed by atoms with van der Waals surface area (Å²) in [7, 11) is 4.95. The van der Waals surface area contributed by atoms with E-state index in [2.05, 4.69) is 18.6 Å². The first kappa shape index (κ1) is 14.3. The van der Waals surface area contributed by atoms with Crippen LogP contribution in [0.2, 0.25) is 0 Å². The zero-order valence-corrected chi connectivity index (χ0v) is 12.1. The van der Waals surface area contributed by atoms with Crippen LogP contribution >= 0.6 is 0 Å². The molecule has 0 aliphatic carbocycles. The van der Waals surface area contributed by atoms with Gasteiger partial charge in [0.2, 0.25) is 0 Å². The molecule has 1 radical (unpaired) electrons. The number of hydrogen-bond acceptors (Lipinski definition) is 3. The molecule has 0 aliphatic heterocycles. The molecular formula is C17H19O3. The summed E-state index contributed by atoms with van der Waals surface area (Å²) in [6.07, 6.45) is 3.02. The van der Waals surface area contributed by atoms with E-state index in [9.17, 15) is 0 Å². The van der Waals surface area contributed by atoms with Crippen LogP contribution in [-0.2, 0) is 6.42 Å². The topological polar surface area (TPSA) is 27.7 Å². The molecule has 0 saturated heterocycles.